The highest BCUT2D eigenvalue weighted by Gasteiger charge is 2.13. The molecule has 1 amide bonds. The number of aromatic nitrogens is 2. The first kappa shape index (κ1) is 20.1. The molecular formula is C22H25N5O2. The number of carbonyl (C=O) groups excluding carboxylic acids is 1. The van der Waals surface area contributed by atoms with E-state index in [9.17, 15) is 4.79 Å². The molecule has 0 bridgehead atoms. The minimum atomic E-state index is -0.299. The standard InChI is InChI=1S/C22H25N5O2/c1-14-6-11-20(29-5)18(12-14)25-22-23-15(2)13-19(26-22)21(28)24-16-7-9-17(10-8-16)27(3)4/h6-13H,1-5H3,(H,24,28)(H,23,25,26). The van der Waals surface area contributed by atoms with Gasteiger partial charge in [0.05, 0.1) is 12.8 Å². The molecule has 0 unspecified atom stereocenters. The van der Waals surface area contributed by atoms with Crippen molar-refractivity contribution >= 4 is 28.9 Å². The van der Waals surface area contributed by atoms with E-state index >= 15 is 0 Å². The summed E-state index contributed by atoms with van der Waals surface area (Å²) in [7, 11) is 5.54. The van der Waals surface area contributed by atoms with Gasteiger partial charge >= 0.3 is 0 Å². The molecule has 3 rings (SSSR count). The Morgan fingerprint density at radius 1 is 1.00 bits per heavy atom. The van der Waals surface area contributed by atoms with Gasteiger partial charge in [-0.05, 0) is 61.9 Å². The van der Waals surface area contributed by atoms with Gasteiger partial charge in [0.25, 0.3) is 5.91 Å². The van der Waals surface area contributed by atoms with Crippen LogP contribution in [-0.4, -0.2) is 37.1 Å². The maximum absolute atomic E-state index is 12.7. The van der Waals surface area contributed by atoms with E-state index in [1.54, 1.807) is 13.2 Å². The number of methoxy groups -OCH3 is 1. The first-order valence-corrected chi connectivity index (χ1v) is 9.22. The van der Waals surface area contributed by atoms with E-state index in [4.69, 9.17) is 4.74 Å². The summed E-state index contributed by atoms with van der Waals surface area (Å²) in [6.45, 7) is 3.81. The molecule has 1 heterocycles. The van der Waals surface area contributed by atoms with E-state index in [0.29, 0.717) is 23.1 Å². The molecule has 29 heavy (non-hydrogen) atoms. The molecule has 0 radical (unpaired) electrons. The quantitative estimate of drug-likeness (QED) is 0.657. The normalized spacial score (nSPS) is 10.4. The molecule has 2 aromatic carbocycles. The van der Waals surface area contributed by atoms with Crippen LogP contribution in [0.3, 0.4) is 0 Å². The largest absolute Gasteiger partial charge is 0.495 e. The van der Waals surface area contributed by atoms with Crippen LogP contribution >= 0.6 is 0 Å². The van der Waals surface area contributed by atoms with E-state index in [1.807, 2.05) is 75.3 Å². The van der Waals surface area contributed by atoms with E-state index in [-0.39, 0.29) is 11.6 Å². The van der Waals surface area contributed by atoms with Crippen LogP contribution in [0.25, 0.3) is 0 Å². The third-order valence-electron chi connectivity index (χ3n) is 4.33. The van der Waals surface area contributed by atoms with Crippen LogP contribution in [0.15, 0.2) is 48.5 Å². The van der Waals surface area contributed by atoms with Crippen LogP contribution < -0.4 is 20.3 Å². The average molecular weight is 391 g/mol. The number of nitrogens with one attached hydrogen (secondary N) is 2. The van der Waals surface area contributed by atoms with Gasteiger partial charge in [-0.2, -0.15) is 0 Å². The summed E-state index contributed by atoms with van der Waals surface area (Å²) in [5.41, 5.74) is 4.53. The smallest absolute Gasteiger partial charge is 0.274 e. The molecule has 0 atom stereocenters. The molecule has 0 aliphatic rings. The molecular weight excluding hydrogens is 366 g/mol. The predicted molar refractivity (Wildman–Crippen MR) is 117 cm³/mol. The van der Waals surface area contributed by atoms with Crippen molar-refractivity contribution < 1.29 is 9.53 Å². The highest BCUT2D eigenvalue weighted by atomic mass is 16.5. The molecule has 0 aliphatic carbocycles. The maximum atomic E-state index is 12.7. The third-order valence-corrected chi connectivity index (χ3v) is 4.33. The molecule has 0 spiro atoms. The SMILES string of the molecule is COc1ccc(C)cc1Nc1nc(C)cc(C(=O)Nc2ccc(N(C)C)cc2)n1. The fraction of sp³-hybridized carbons (Fsp3) is 0.227. The average Bonchev–Trinajstić information content (AvgIpc) is 2.68. The van der Waals surface area contributed by atoms with Crippen LogP contribution in [0.5, 0.6) is 5.75 Å². The number of hydrogen-bond acceptors (Lipinski definition) is 6. The van der Waals surface area contributed by atoms with Crippen LogP contribution in [0, 0.1) is 13.8 Å². The van der Waals surface area contributed by atoms with Gasteiger partial charge in [0, 0.05) is 31.2 Å². The van der Waals surface area contributed by atoms with Gasteiger partial charge in [-0.15, -0.1) is 0 Å². The van der Waals surface area contributed by atoms with Crippen LogP contribution in [-0.2, 0) is 0 Å². The summed E-state index contributed by atoms with van der Waals surface area (Å²) in [6.07, 6.45) is 0. The number of carbonyl (C=O) groups is 1. The first-order valence-electron chi connectivity index (χ1n) is 9.22. The summed E-state index contributed by atoms with van der Waals surface area (Å²) in [6, 6.07) is 15.0. The van der Waals surface area contributed by atoms with Gasteiger partial charge in [0.2, 0.25) is 5.95 Å². The topological polar surface area (TPSA) is 79.4 Å². The number of benzene rings is 2. The van der Waals surface area contributed by atoms with E-state index in [0.717, 1.165) is 16.9 Å². The van der Waals surface area contributed by atoms with E-state index in [2.05, 4.69) is 20.6 Å². The molecule has 0 saturated heterocycles. The second kappa shape index (κ2) is 8.60. The van der Waals surface area contributed by atoms with Gasteiger partial charge in [-0.25, -0.2) is 9.97 Å². The molecule has 7 nitrogen and oxygen atoms in total. The molecule has 150 valence electrons. The highest BCUT2D eigenvalue weighted by Crippen LogP contribution is 2.27. The zero-order valence-electron chi connectivity index (χ0n) is 17.3. The van der Waals surface area contributed by atoms with Crippen molar-refractivity contribution in [2.45, 2.75) is 13.8 Å². The number of hydrogen-bond donors (Lipinski definition) is 2. The third kappa shape index (κ3) is 5.01. The van der Waals surface area contributed by atoms with Gasteiger partial charge in [-0.1, -0.05) is 6.07 Å². The molecule has 7 heteroatoms. The summed E-state index contributed by atoms with van der Waals surface area (Å²) < 4.78 is 5.39. The van der Waals surface area contributed by atoms with Gasteiger partial charge in [-0.3, -0.25) is 4.79 Å². The Balaban J connectivity index is 1.81. The zero-order chi connectivity index (χ0) is 21.0. The minimum absolute atomic E-state index is 0.281. The Bertz CT molecular complexity index is 1020. The molecule has 0 fully saturated rings. The van der Waals surface area contributed by atoms with Crippen molar-refractivity contribution in [1.82, 2.24) is 9.97 Å². The van der Waals surface area contributed by atoms with Crippen molar-refractivity contribution in [2.75, 3.05) is 36.7 Å². The number of rotatable bonds is 6. The molecule has 0 saturated carbocycles. The van der Waals surface area contributed by atoms with Gasteiger partial charge in [0.1, 0.15) is 11.4 Å². The van der Waals surface area contributed by atoms with Crippen molar-refractivity contribution in [1.29, 1.82) is 0 Å². The van der Waals surface area contributed by atoms with E-state index < -0.39 is 0 Å². The summed E-state index contributed by atoms with van der Waals surface area (Å²) in [4.78, 5) is 23.5. The lowest BCUT2D eigenvalue weighted by molar-refractivity contribution is 0.102. The lowest BCUT2D eigenvalue weighted by Crippen LogP contribution is -2.16. The van der Waals surface area contributed by atoms with Crippen LogP contribution in [0.4, 0.5) is 23.0 Å². The predicted octanol–water partition coefficient (Wildman–Crippen LogP) is 4.16. The van der Waals surface area contributed by atoms with Crippen LogP contribution in [0.1, 0.15) is 21.7 Å². The van der Waals surface area contributed by atoms with Crippen molar-refractivity contribution in [3.8, 4) is 5.75 Å². The Labute approximate surface area is 170 Å². The highest BCUT2D eigenvalue weighted by molar-refractivity contribution is 6.03. The van der Waals surface area contributed by atoms with Crippen molar-refractivity contribution in [3.05, 3.63) is 65.5 Å². The monoisotopic (exact) mass is 391 g/mol. The number of anilines is 4. The second-order valence-corrected chi connectivity index (χ2v) is 6.94. The lowest BCUT2D eigenvalue weighted by atomic mass is 10.2. The number of nitrogens with zero attached hydrogens (tertiary/aromatic N) is 3. The maximum Gasteiger partial charge on any atom is 0.274 e. The number of aryl methyl sites for hydroxylation is 2. The fourth-order valence-corrected chi connectivity index (χ4v) is 2.82. The molecule has 3 aromatic rings. The van der Waals surface area contributed by atoms with Crippen molar-refractivity contribution in [2.24, 2.45) is 0 Å². The van der Waals surface area contributed by atoms with Gasteiger partial charge < -0.3 is 20.3 Å². The molecule has 1 aromatic heterocycles. The summed E-state index contributed by atoms with van der Waals surface area (Å²) in [5.74, 6) is 0.710. The molecule has 2 N–H and O–H groups in total. The summed E-state index contributed by atoms with van der Waals surface area (Å²) >= 11 is 0. The Hall–Kier alpha value is -3.61. The second-order valence-electron chi connectivity index (χ2n) is 6.94. The van der Waals surface area contributed by atoms with Gasteiger partial charge in [0.15, 0.2) is 0 Å². The Morgan fingerprint density at radius 2 is 1.72 bits per heavy atom. The Morgan fingerprint density at radius 3 is 2.38 bits per heavy atom. The molecule has 0 aliphatic heterocycles. The number of ether oxygens (including phenoxy) is 1. The fourth-order valence-electron chi connectivity index (χ4n) is 2.82. The lowest BCUT2D eigenvalue weighted by Gasteiger charge is -2.14. The first-order chi connectivity index (χ1) is 13.9. The minimum Gasteiger partial charge on any atom is -0.495 e. The Kier molecular flexibility index (Phi) is 5.97. The zero-order valence-corrected chi connectivity index (χ0v) is 17.3. The van der Waals surface area contributed by atoms with Crippen LogP contribution in [0.2, 0.25) is 0 Å². The van der Waals surface area contributed by atoms with E-state index in [1.165, 1.54) is 0 Å². The summed E-state index contributed by atoms with van der Waals surface area (Å²) in [5, 5.41) is 6.03. The number of amides is 1. The van der Waals surface area contributed by atoms with Crippen molar-refractivity contribution in [3.63, 3.8) is 0 Å².